The van der Waals surface area contributed by atoms with Crippen LogP contribution < -0.4 is 4.74 Å². The van der Waals surface area contributed by atoms with E-state index in [-0.39, 0.29) is 5.02 Å². The maximum absolute atomic E-state index is 12.9. The van der Waals surface area contributed by atoms with Crippen LogP contribution in [0, 0.1) is 5.82 Å². The van der Waals surface area contributed by atoms with E-state index in [0.717, 1.165) is 6.42 Å². The molecule has 0 atom stereocenters. The summed E-state index contributed by atoms with van der Waals surface area (Å²) in [7, 11) is 0. The summed E-state index contributed by atoms with van der Waals surface area (Å²) in [6.45, 7) is 4.05. The van der Waals surface area contributed by atoms with E-state index in [2.05, 4.69) is 6.58 Å². The Morgan fingerprint density at radius 2 is 2.31 bits per heavy atom. The van der Waals surface area contributed by atoms with Crippen LogP contribution in [0.25, 0.3) is 0 Å². The largest absolute Gasteiger partial charge is 0.493 e. The summed E-state index contributed by atoms with van der Waals surface area (Å²) in [6, 6.07) is 4.38. The average molecular weight is 201 g/mol. The van der Waals surface area contributed by atoms with Crippen molar-refractivity contribution < 1.29 is 9.13 Å². The van der Waals surface area contributed by atoms with Gasteiger partial charge in [-0.25, -0.2) is 4.39 Å². The zero-order chi connectivity index (χ0) is 9.68. The van der Waals surface area contributed by atoms with Gasteiger partial charge >= 0.3 is 0 Å². The highest BCUT2D eigenvalue weighted by atomic mass is 35.5. The molecule has 0 unspecified atom stereocenters. The van der Waals surface area contributed by atoms with E-state index in [0.29, 0.717) is 12.4 Å². The summed E-state index contributed by atoms with van der Waals surface area (Å²) in [5.74, 6) is 0.0292. The van der Waals surface area contributed by atoms with Crippen LogP contribution in [0.5, 0.6) is 5.75 Å². The second-order valence-electron chi connectivity index (χ2n) is 2.50. The van der Waals surface area contributed by atoms with Gasteiger partial charge in [0.2, 0.25) is 0 Å². The Hall–Kier alpha value is -1.02. The molecule has 0 N–H and O–H groups in total. The third-order valence-corrected chi connectivity index (χ3v) is 1.79. The SMILES string of the molecule is C=CCCOc1ccc(Cl)c(F)c1. The molecule has 1 aromatic carbocycles. The zero-order valence-electron chi connectivity index (χ0n) is 7.09. The van der Waals surface area contributed by atoms with Crippen molar-refractivity contribution in [2.45, 2.75) is 6.42 Å². The molecule has 3 heteroatoms. The molecule has 0 aliphatic heterocycles. The predicted octanol–water partition coefficient (Wildman–Crippen LogP) is 3.43. The molecule has 1 nitrogen and oxygen atoms in total. The van der Waals surface area contributed by atoms with Crippen LogP contribution >= 0.6 is 11.6 Å². The lowest BCUT2D eigenvalue weighted by atomic mass is 10.3. The van der Waals surface area contributed by atoms with Gasteiger partial charge in [-0.3, -0.25) is 0 Å². The number of benzene rings is 1. The molecule has 0 radical (unpaired) electrons. The first-order valence-corrected chi connectivity index (χ1v) is 4.30. The van der Waals surface area contributed by atoms with Crippen LogP contribution in [0.1, 0.15) is 6.42 Å². The Kier molecular flexibility index (Phi) is 3.77. The zero-order valence-corrected chi connectivity index (χ0v) is 7.85. The van der Waals surface area contributed by atoms with Crippen LogP contribution in [0.3, 0.4) is 0 Å². The Morgan fingerprint density at radius 1 is 1.54 bits per heavy atom. The van der Waals surface area contributed by atoms with Gasteiger partial charge in [-0.05, 0) is 18.6 Å². The highest BCUT2D eigenvalue weighted by Crippen LogP contribution is 2.20. The lowest BCUT2D eigenvalue weighted by Crippen LogP contribution is -1.95. The molecule has 0 spiro atoms. The normalized spacial score (nSPS) is 9.69. The van der Waals surface area contributed by atoms with Gasteiger partial charge in [0.15, 0.2) is 0 Å². The molecule has 13 heavy (non-hydrogen) atoms. The topological polar surface area (TPSA) is 9.23 Å². The molecule has 1 aromatic rings. The van der Waals surface area contributed by atoms with Crippen molar-refractivity contribution in [3.63, 3.8) is 0 Å². The molecule has 0 aliphatic carbocycles. The van der Waals surface area contributed by atoms with Crippen LogP contribution in [0.2, 0.25) is 5.02 Å². The van der Waals surface area contributed by atoms with Crippen molar-refractivity contribution in [3.05, 3.63) is 41.7 Å². The van der Waals surface area contributed by atoms with Gasteiger partial charge in [-0.2, -0.15) is 0 Å². The molecule has 0 bridgehead atoms. The first kappa shape index (κ1) is 10.1. The van der Waals surface area contributed by atoms with Gasteiger partial charge in [-0.1, -0.05) is 17.7 Å². The van der Waals surface area contributed by atoms with E-state index >= 15 is 0 Å². The smallest absolute Gasteiger partial charge is 0.145 e. The molecular formula is C10H10ClFO. The summed E-state index contributed by atoms with van der Waals surface area (Å²) < 4.78 is 18.1. The Balaban J connectivity index is 2.57. The van der Waals surface area contributed by atoms with E-state index in [1.54, 1.807) is 12.1 Å². The number of ether oxygens (including phenoxy) is 1. The van der Waals surface area contributed by atoms with E-state index in [9.17, 15) is 4.39 Å². The summed E-state index contributed by atoms with van der Waals surface area (Å²) in [5.41, 5.74) is 0. The van der Waals surface area contributed by atoms with E-state index < -0.39 is 5.82 Å². The molecule has 0 saturated heterocycles. The third kappa shape index (κ3) is 3.07. The standard InChI is InChI=1S/C10H10ClFO/c1-2-3-6-13-8-4-5-9(11)10(12)7-8/h2,4-5,7H,1,3,6H2. The highest BCUT2D eigenvalue weighted by molar-refractivity contribution is 6.30. The molecule has 0 saturated carbocycles. The van der Waals surface area contributed by atoms with Crippen molar-refractivity contribution in [1.29, 1.82) is 0 Å². The van der Waals surface area contributed by atoms with Crippen molar-refractivity contribution in [1.82, 2.24) is 0 Å². The average Bonchev–Trinajstić information content (AvgIpc) is 2.12. The van der Waals surface area contributed by atoms with Crippen LogP contribution in [0.4, 0.5) is 4.39 Å². The lowest BCUT2D eigenvalue weighted by Gasteiger charge is -2.04. The van der Waals surface area contributed by atoms with Gasteiger partial charge in [0.1, 0.15) is 11.6 Å². The minimum atomic E-state index is -0.460. The summed E-state index contributed by atoms with van der Waals surface area (Å²) in [4.78, 5) is 0. The molecule has 0 aliphatic rings. The molecule has 0 heterocycles. The van der Waals surface area contributed by atoms with E-state index in [1.807, 2.05) is 0 Å². The van der Waals surface area contributed by atoms with Crippen LogP contribution in [-0.4, -0.2) is 6.61 Å². The fourth-order valence-electron chi connectivity index (χ4n) is 0.827. The van der Waals surface area contributed by atoms with Gasteiger partial charge in [0.05, 0.1) is 11.6 Å². The van der Waals surface area contributed by atoms with Gasteiger partial charge < -0.3 is 4.74 Å². The lowest BCUT2D eigenvalue weighted by molar-refractivity contribution is 0.323. The van der Waals surface area contributed by atoms with Gasteiger partial charge in [0, 0.05) is 6.07 Å². The van der Waals surface area contributed by atoms with Crippen LogP contribution in [0.15, 0.2) is 30.9 Å². The minimum absolute atomic E-state index is 0.107. The summed E-state index contributed by atoms with van der Waals surface area (Å²) >= 11 is 5.50. The monoisotopic (exact) mass is 200 g/mol. The fraction of sp³-hybridized carbons (Fsp3) is 0.200. The van der Waals surface area contributed by atoms with Crippen molar-refractivity contribution in [2.75, 3.05) is 6.61 Å². The number of hydrogen-bond donors (Lipinski definition) is 0. The Morgan fingerprint density at radius 3 is 2.92 bits per heavy atom. The first-order valence-electron chi connectivity index (χ1n) is 3.93. The molecule has 0 amide bonds. The molecular weight excluding hydrogens is 191 g/mol. The maximum Gasteiger partial charge on any atom is 0.145 e. The van der Waals surface area contributed by atoms with Crippen molar-refractivity contribution >= 4 is 11.6 Å². The quantitative estimate of drug-likeness (QED) is 0.535. The third-order valence-electron chi connectivity index (χ3n) is 1.48. The molecule has 0 fully saturated rings. The minimum Gasteiger partial charge on any atom is -0.493 e. The van der Waals surface area contributed by atoms with E-state index in [4.69, 9.17) is 16.3 Å². The highest BCUT2D eigenvalue weighted by Gasteiger charge is 2.00. The second kappa shape index (κ2) is 4.87. The Labute approximate surface area is 81.8 Å². The molecule has 1 rings (SSSR count). The van der Waals surface area contributed by atoms with Gasteiger partial charge in [0.25, 0.3) is 0 Å². The fourth-order valence-corrected chi connectivity index (χ4v) is 0.944. The van der Waals surface area contributed by atoms with E-state index in [1.165, 1.54) is 12.1 Å². The molecule has 70 valence electrons. The first-order chi connectivity index (χ1) is 6.24. The second-order valence-corrected chi connectivity index (χ2v) is 2.91. The molecule has 0 aromatic heterocycles. The Bertz CT molecular complexity index is 299. The van der Waals surface area contributed by atoms with Crippen molar-refractivity contribution in [3.8, 4) is 5.75 Å². The van der Waals surface area contributed by atoms with Crippen molar-refractivity contribution in [2.24, 2.45) is 0 Å². The predicted molar refractivity (Wildman–Crippen MR) is 51.7 cm³/mol. The summed E-state index contributed by atoms with van der Waals surface area (Å²) in [5, 5.41) is 0.107. The number of rotatable bonds is 4. The summed E-state index contributed by atoms with van der Waals surface area (Å²) in [6.07, 6.45) is 2.48. The number of halogens is 2. The van der Waals surface area contributed by atoms with Crippen LogP contribution in [-0.2, 0) is 0 Å². The van der Waals surface area contributed by atoms with Gasteiger partial charge in [-0.15, -0.1) is 6.58 Å². The number of hydrogen-bond acceptors (Lipinski definition) is 1. The maximum atomic E-state index is 12.9.